The third-order valence-corrected chi connectivity index (χ3v) is 6.43. The maximum Gasteiger partial charge on any atom is 0.274 e. The Morgan fingerprint density at radius 2 is 1.90 bits per heavy atom. The summed E-state index contributed by atoms with van der Waals surface area (Å²) in [4.78, 5) is 17.3. The smallest absolute Gasteiger partial charge is 0.274 e. The number of likely N-dealkylation sites (tertiary alicyclic amines) is 1. The number of carbonyl (C=O) groups excluding carboxylic acids is 1. The topological polar surface area (TPSA) is 70.1 Å². The Kier molecular flexibility index (Phi) is 6.04. The fourth-order valence-electron chi connectivity index (χ4n) is 4.74. The predicted octanol–water partition coefficient (Wildman–Crippen LogP) is 2.88. The molecular weight excluding hydrogens is 364 g/mol. The first kappa shape index (κ1) is 20.1. The summed E-state index contributed by atoms with van der Waals surface area (Å²) < 4.78 is 1.99. The highest BCUT2D eigenvalue weighted by Gasteiger charge is 2.29. The Labute approximate surface area is 173 Å². The van der Waals surface area contributed by atoms with Crippen molar-refractivity contribution in [3.05, 3.63) is 34.4 Å². The van der Waals surface area contributed by atoms with Crippen LogP contribution in [0.3, 0.4) is 0 Å². The van der Waals surface area contributed by atoms with Gasteiger partial charge in [-0.25, -0.2) is 0 Å². The van der Waals surface area contributed by atoms with Crippen LogP contribution in [-0.4, -0.2) is 62.9 Å². The average Bonchev–Trinajstić information content (AvgIpc) is 3.24. The van der Waals surface area contributed by atoms with Crippen LogP contribution in [0.15, 0.2) is 6.07 Å². The second-order valence-electron chi connectivity index (χ2n) is 8.93. The molecule has 2 aliphatic rings. The summed E-state index contributed by atoms with van der Waals surface area (Å²) in [7, 11) is 6.18. The number of aromatic nitrogens is 4. The van der Waals surface area contributed by atoms with Gasteiger partial charge in [0.25, 0.3) is 5.91 Å². The van der Waals surface area contributed by atoms with Gasteiger partial charge in [0.15, 0.2) is 5.69 Å². The van der Waals surface area contributed by atoms with E-state index in [0.29, 0.717) is 11.6 Å². The first-order valence-corrected chi connectivity index (χ1v) is 11.1. The lowest BCUT2D eigenvalue weighted by atomic mass is 9.92. The second kappa shape index (κ2) is 8.69. The number of piperidine rings is 1. The Morgan fingerprint density at radius 3 is 2.62 bits per heavy atom. The first-order valence-electron chi connectivity index (χ1n) is 11.1. The molecule has 4 rings (SSSR count). The molecule has 7 nitrogen and oxygen atoms in total. The third kappa shape index (κ3) is 4.39. The van der Waals surface area contributed by atoms with Gasteiger partial charge in [-0.2, -0.15) is 10.2 Å². The van der Waals surface area contributed by atoms with Crippen molar-refractivity contribution in [1.29, 1.82) is 0 Å². The highest BCUT2D eigenvalue weighted by atomic mass is 16.2. The van der Waals surface area contributed by atoms with E-state index >= 15 is 0 Å². The molecule has 1 N–H and O–H groups in total. The van der Waals surface area contributed by atoms with Crippen molar-refractivity contribution in [1.82, 2.24) is 29.8 Å². The Bertz CT molecular complexity index is 844. The van der Waals surface area contributed by atoms with E-state index < -0.39 is 0 Å². The van der Waals surface area contributed by atoms with E-state index in [1.807, 2.05) is 16.6 Å². The summed E-state index contributed by atoms with van der Waals surface area (Å²) in [6, 6.07) is 2.23. The lowest BCUT2D eigenvalue weighted by Crippen LogP contribution is -2.38. The lowest BCUT2D eigenvalue weighted by molar-refractivity contribution is 0.0704. The normalized spacial score (nSPS) is 18.6. The molecule has 1 amide bonds. The minimum absolute atomic E-state index is 0.107. The van der Waals surface area contributed by atoms with Crippen LogP contribution in [0.25, 0.3) is 0 Å². The molecule has 0 unspecified atom stereocenters. The van der Waals surface area contributed by atoms with Crippen molar-refractivity contribution >= 4 is 5.91 Å². The number of carbonyl (C=O) groups is 1. The molecule has 0 radical (unpaired) electrons. The van der Waals surface area contributed by atoms with Crippen molar-refractivity contribution in [3.8, 4) is 0 Å². The van der Waals surface area contributed by atoms with Crippen molar-refractivity contribution in [3.63, 3.8) is 0 Å². The first-order chi connectivity index (χ1) is 14.0. The van der Waals surface area contributed by atoms with Crippen molar-refractivity contribution < 1.29 is 4.79 Å². The summed E-state index contributed by atoms with van der Waals surface area (Å²) in [5.41, 5.74) is 5.44. The molecule has 2 aromatic heterocycles. The van der Waals surface area contributed by atoms with E-state index in [-0.39, 0.29) is 5.91 Å². The van der Waals surface area contributed by atoms with Crippen LogP contribution in [0.4, 0.5) is 0 Å². The van der Waals surface area contributed by atoms with Gasteiger partial charge in [0, 0.05) is 43.9 Å². The van der Waals surface area contributed by atoms with E-state index in [1.54, 1.807) is 0 Å². The van der Waals surface area contributed by atoms with Crippen LogP contribution in [0, 0.1) is 0 Å². The van der Waals surface area contributed by atoms with Crippen molar-refractivity contribution in [2.75, 3.05) is 27.2 Å². The number of H-pyrrole nitrogens is 1. The third-order valence-electron chi connectivity index (χ3n) is 6.43. The average molecular weight is 399 g/mol. The largest absolute Gasteiger partial charge is 0.337 e. The summed E-state index contributed by atoms with van der Waals surface area (Å²) >= 11 is 0. The molecule has 0 bridgehead atoms. The van der Waals surface area contributed by atoms with Gasteiger partial charge < -0.3 is 9.80 Å². The fraction of sp³-hybridized carbons (Fsp3) is 0.682. The predicted molar refractivity (Wildman–Crippen MR) is 113 cm³/mol. The molecule has 0 atom stereocenters. The molecule has 158 valence electrons. The Balaban J connectivity index is 1.40. The minimum Gasteiger partial charge on any atom is -0.337 e. The number of rotatable bonds is 4. The number of aromatic amines is 1. The molecule has 1 fully saturated rings. The quantitative estimate of drug-likeness (QED) is 0.860. The minimum atomic E-state index is 0.107. The van der Waals surface area contributed by atoms with Crippen LogP contribution in [0.2, 0.25) is 0 Å². The van der Waals surface area contributed by atoms with Crippen LogP contribution in [-0.2, 0) is 26.4 Å². The van der Waals surface area contributed by atoms with Crippen LogP contribution in [0.5, 0.6) is 0 Å². The van der Waals surface area contributed by atoms with Gasteiger partial charge in [0.2, 0.25) is 0 Å². The van der Waals surface area contributed by atoms with Crippen molar-refractivity contribution in [2.24, 2.45) is 7.05 Å². The number of hydrogen-bond donors (Lipinski definition) is 1. The molecule has 0 spiro atoms. The zero-order valence-corrected chi connectivity index (χ0v) is 18.1. The van der Waals surface area contributed by atoms with Gasteiger partial charge in [-0.05, 0) is 58.7 Å². The number of aryl methyl sites for hydroxylation is 2. The van der Waals surface area contributed by atoms with Crippen LogP contribution < -0.4 is 0 Å². The highest BCUT2D eigenvalue weighted by molar-refractivity contribution is 5.94. The lowest BCUT2D eigenvalue weighted by Gasteiger charge is -2.31. The molecular formula is C22H34N6O. The van der Waals surface area contributed by atoms with E-state index in [1.165, 1.54) is 41.9 Å². The summed E-state index contributed by atoms with van der Waals surface area (Å²) in [6.45, 7) is 2.46. The van der Waals surface area contributed by atoms with Gasteiger partial charge in [0.05, 0.1) is 11.4 Å². The molecule has 1 saturated heterocycles. The molecule has 29 heavy (non-hydrogen) atoms. The van der Waals surface area contributed by atoms with Gasteiger partial charge >= 0.3 is 0 Å². The number of nitrogens with one attached hydrogen (secondary N) is 1. The Morgan fingerprint density at radius 1 is 1.17 bits per heavy atom. The van der Waals surface area contributed by atoms with Crippen LogP contribution in [0.1, 0.15) is 77.6 Å². The SMILES string of the molecule is CN(C)Cc1cc(C2CCN(C(=O)c3n[nH]c4c3CCCCCC4)CC2)nn1C. The van der Waals surface area contributed by atoms with Crippen LogP contribution >= 0.6 is 0 Å². The van der Waals surface area contributed by atoms with Gasteiger partial charge in [-0.15, -0.1) is 0 Å². The summed E-state index contributed by atoms with van der Waals surface area (Å²) in [5.74, 6) is 0.539. The van der Waals surface area contributed by atoms with E-state index in [4.69, 9.17) is 5.10 Å². The van der Waals surface area contributed by atoms with E-state index in [9.17, 15) is 4.79 Å². The Hall–Kier alpha value is -2.15. The summed E-state index contributed by atoms with van der Waals surface area (Å²) in [6.07, 6.45) is 8.81. The van der Waals surface area contributed by atoms with Crippen molar-refractivity contribution in [2.45, 2.75) is 63.8 Å². The zero-order chi connectivity index (χ0) is 20.4. The molecule has 1 aliphatic heterocycles. The maximum atomic E-state index is 13.2. The van der Waals surface area contributed by atoms with E-state index in [2.05, 4.69) is 35.3 Å². The molecule has 2 aromatic rings. The number of nitrogens with zero attached hydrogens (tertiary/aromatic N) is 5. The summed E-state index contributed by atoms with van der Waals surface area (Å²) in [5, 5.41) is 12.4. The molecule has 7 heteroatoms. The molecule has 0 saturated carbocycles. The highest BCUT2D eigenvalue weighted by Crippen LogP contribution is 2.29. The standard InChI is InChI=1S/C22H34N6O/c1-26(2)15-17-14-20(25-27(17)3)16-10-12-28(13-11-16)22(29)21-18-8-6-4-5-7-9-19(18)23-24-21/h14,16H,4-13,15H2,1-3H3,(H,23,24). The van der Waals surface area contributed by atoms with E-state index in [0.717, 1.165) is 51.7 Å². The maximum absolute atomic E-state index is 13.2. The number of amides is 1. The zero-order valence-electron chi connectivity index (χ0n) is 18.1. The van der Waals surface area contributed by atoms with Gasteiger partial charge in [-0.3, -0.25) is 14.6 Å². The second-order valence-corrected chi connectivity index (χ2v) is 8.93. The van der Waals surface area contributed by atoms with Gasteiger partial charge in [-0.1, -0.05) is 12.8 Å². The van der Waals surface area contributed by atoms with Gasteiger partial charge in [0.1, 0.15) is 0 Å². The number of hydrogen-bond acceptors (Lipinski definition) is 4. The fourth-order valence-corrected chi connectivity index (χ4v) is 4.74. The monoisotopic (exact) mass is 398 g/mol. The molecule has 0 aromatic carbocycles. The number of fused-ring (bicyclic) bond motifs is 1. The molecule has 1 aliphatic carbocycles. The molecule has 3 heterocycles.